The Morgan fingerprint density at radius 2 is 2.03 bits per heavy atom. The summed E-state index contributed by atoms with van der Waals surface area (Å²) < 4.78 is 16.8. The van der Waals surface area contributed by atoms with Crippen LogP contribution in [0.15, 0.2) is 63.2 Å². The number of hydrogen-bond acceptors (Lipinski definition) is 7. The van der Waals surface area contributed by atoms with Crippen LogP contribution in [0.1, 0.15) is 35.4 Å². The zero-order valence-electron chi connectivity index (χ0n) is 18.9. The van der Waals surface area contributed by atoms with Gasteiger partial charge in [0, 0.05) is 12.0 Å². The number of benzene rings is 2. The molecule has 0 spiro atoms. The van der Waals surface area contributed by atoms with Crippen LogP contribution in [-0.4, -0.2) is 40.0 Å². The summed E-state index contributed by atoms with van der Waals surface area (Å²) in [5.41, 5.74) is 1.73. The number of methoxy groups -OCH3 is 1. The Balaban J connectivity index is 1.68. The van der Waals surface area contributed by atoms with E-state index in [1.165, 1.54) is 24.3 Å². The third kappa shape index (κ3) is 3.95. The summed E-state index contributed by atoms with van der Waals surface area (Å²) in [4.78, 5) is 27.8. The fraction of sp³-hybridized carbons (Fsp3) is 0.231. The molecule has 1 saturated heterocycles. The van der Waals surface area contributed by atoms with Crippen molar-refractivity contribution in [2.45, 2.75) is 32.0 Å². The smallest absolute Gasteiger partial charge is 0.296 e. The Morgan fingerprint density at radius 3 is 2.74 bits per heavy atom. The van der Waals surface area contributed by atoms with Gasteiger partial charge in [-0.1, -0.05) is 0 Å². The monoisotopic (exact) mass is 539 g/mol. The van der Waals surface area contributed by atoms with Crippen LogP contribution in [0.2, 0.25) is 0 Å². The highest BCUT2D eigenvalue weighted by molar-refractivity contribution is 9.10. The molecule has 180 valence electrons. The molecule has 9 heteroatoms. The van der Waals surface area contributed by atoms with E-state index in [1.807, 2.05) is 6.92 Å². The number of aromatic hydroxyl groups is 1. The van der Waals surface area contributed by atoms with E-state index in [2.05, 4.69) is 15.9 Å². The summed E-state index contributed by atoms with van der Waals surface area (Å²) in [6.07, 6.45) is 2.17. The first kappa shape index (κ1) is 23.0. The van der Waals surface area contributed by atoms with Crippen molar-refractivity contribution in [2.24, 2.45) is 0 Å². The molecule has 0 aliphatic carbocycles. The van der Waals surface area contributed by atoms with Gasteiger partial charge in [-0.2, -0.15) is 0 Å². The van der Waals surface area contributed by atoms with Crippen molar-refractivity contribution in [2.75, 3.05) is 7.11 Å². The number of Topliss-reactive ketones (excluding diaryl/α,β-unsaturated/α-hetero) is 1. The second kappa shape index (κ2) is 8.81. The third-order valence-electron chi connectivity index (χ3n) is 6.20. The van der Waals surface area contributed by atoms with Crippen LogP contribution >= 0.6 is 15.9 Å². The number of carbonyl (C=O) groups excluding carboxylic acids is 2. The number of halogens is 1. The predicted molar refractivity (Wildman–Crippen MR) is 129 cm³/mol. The van der Waals surface area contributed by atoms with Crippen LogP contribution in [0.5, 0.6) is 17.2 Å². The summed E-state index contributed by atoms with van der Waals surface area (Å²) in [5.74, 6) is -0.627. The van der Waals surface area contributed by atoms with E-state index in [0.717, 1.165) is 11.3 Å². The number of carbonyl (C=O) groups is 2. The molecule has 3 aromatic rings. The standard InChI is InChI=1S/C26H22BrNO7/c1-13-8-15-9-14(5-6-19(15)35-13)23(29)21-22(16-10-18(27)24(30)20(11-16)33-2)28(26(32)25(21)31)12-17-4-3-7-34-17/h3-7,9-11,13,22,29-30H,8,12H2,1-2H3/t13-,22+/m1/s1. The van der Waals surface area contributed by atoms with E-state index in [1.54, 1.807) is 36.4 Å². The third-order valence-corrected chi connectivity index (χ3v) is 6.81. The summed E-state index contributed by atoms with van der Waals surface area (Å²) >= 11 is 3.31. The van der Waals surface area contributed by atoms with Gasteiger partial charge in [0.05, 0.1) is 36.0 Å². The van der Waals surface area contributed by atoms with Crippen molar-refractivity contribution in [3.63, 3.8) is 0 Å². The number of rotatable bonds is 5. The molecule has 5 rings (SSSR count). The maximum absolute atomic E-state index is 13.3. The fourth-order valence-electron chi connectivity index (χ4n) is 4.59. The van der Waals surface area contributed by atoms with Crippen LogP contribution in [0.4, 0.5) is 0 Å². The normalized spacial score (nSPS) is 20.7. The number of aliphatic hydroxyl groups excluding tert-OH is 1. The Bertz CT molecular complexity index is 1360. The van der Waals surface area contributed by atoms with E-state index >= 15 is 0 Å². The molecule has 2 aliphatic heterocycles. The van der Waals surface area contributed by atoms with E-state index in [4.69, 9.17) is 13.9 Å². The number of fused-ring (bicyclic) bond motifs is 1. The van der Waals surface area contributed by atoms with E-state index in [0.29, 0.717) is 27.8 Å². The van der Waals surface area contributed by atoms with Crippen molar-refractivity contribution in [3.05, 3.63) is 81.2 Å². The molecular weight excluding hydrogens is 518 g/mol. The van der Waals surface area contributed by atoms with E-state index in [9.17, 15) is 19.8 Å². The number of ether oxygens (including phenoxy) is 2. The van der Waals surface area contributed by atoms with Gasteiger partial charge in [-0.3, -0.25) is 9.59 Å². The van der Waals surface area contributed by atoms with Gasteiger partial charge in [-0.15, -0.1) is 0 Å². The molecule has 1 amide bonds. The minimum atomic E-state index is -0.950. The molecule has 2 aromatic carbocycles. The van der Waals surface area contributed by atoms with Crippen LogP contribution in [0.25, 0.3) is 5.76 Å². The molecule has 2 N–H and O–H groups in total. The fourth-order valence-corrected chi connectivity index (χ4v) is 5.05. The molecule has 2 atom stereocenters. The first-order valence-corrected chi connectivity index (χ1v) is 11.7. The van der Waals surface area contributed by atoms with Gasteiger partial charge >= 0.3 is 0 Å². The highest BCUT2D eigenvalue weighted by Gasteiger charge is 2.47. The highest BCUT2D eigenvalue weighted by Crippen LogP contribution is 2.45. The first-order valence-electron chi connectivity index (χ1n) is 11.0. The molecular formula is C26H22BrNO7. The van der Waals surface area contributed by atoms with Gasteiger partial charge in [-0.05, 0) is 76.4 Å². The topological polar surface area (TPSA) is 109 Å². The van der Waals surface area contributed by atoms with Gasteiger partial charge in [0.2, 0.25) is 0 Å². The predicted octanol–water partition coefficient (Wildman–Crippen LogP) is 4.70. The first-order chi connectivity index (χ1) is 16.8. The number of likely N-dealkylation sites (tertiary alicyclic amines) is 1. The Kier molecular flexibility index (Phi) is 5.80. The van der Waals surface area contributed by atoms with Gasteiger partial charge in [0.1, 0.15) is 23.4 Å². The quantitative estimate of drug-likeness (QED) is 0.274. The average molecular weight is 540 g/mol. The lowest BCUT2D eigenvalue weighted by atomic mass is 9.94. The van der Waals surface area contributed by atoms with Gasteiger partial charge in [-0.25, -0.2) is 0 Å². The number of nitrogens with zero attached hydrogens (tertiary/aromatic N) is 1. The largest absolute Gasteiger partial charge is 0.507 e. The van der Waals surface area contributed by atoms with Crippen molar-refractivity contribution < 1.29 is 33.7 Å². The molecule has 1 aromatic heterocycles. The van der Waals surface area contributed by atoms with Crippen molar-refractivity contribution in [1.82, 2.24) is 4.90 Å². The molecule has 1 fully saturated rings. The number of amides is 1. The van der Waals surface area contributed by atoms with Gasteiger partial charge in [0.25, 0.3) is 11.7 Å². The number of phenols is 1. The van der Waals surface area contributed by atoms with Crippen LogP contribution in [0, 0.1) is 0 Å². The summed E-state index contributed by atoms with van der Waals surface area (Å²) in [6.45, 7) is 1.96. The number of hydrogen-bond donors (Lipinski definition) is 2. The molecule has 0 unspecified atom stereocenters. The van der Waals surface area contributed by atoms with Crippen molar-refractivity contribution in [3.8, 4) is 17.2 Å². The molecule has 0 saturated carbocycles. The van der Waals surface area contributed by atoms with Crippen molar-refractivity contribution in [1.29, 1.82) is 0 Å². The minimum absolute atomic E-state index is 0.00930. The van der Waals surface area contributed by atoms with E-state index < -0.39 is 17.7 Å². The Hall–Kier alpha value is -3.72. The summed E-state index contributed by atoms with van der Waals surface area (Å²) in [7, 11) is 1.40. The van der Waals surface area contributed by atoms with Gasteiger partial charge < -0.3 is 29.0 Å². The zero-order chi connectivity index (χ0) is 24.9. The molecule has 0 bridgehead atoms. The molecule has 2 aliphatic rings. The van der Waals surface area contributed by atoms with Crippen molar-refractivity contribution >= 4 is 33.4 Å². The second-order valence-electron chi connectivity index (χ2n) is 8.52. The maximum atomic E-state index is 13.3. The molecule has 0 radical (unpaired) electrons. The Labute approximate surface area is 209 Å². The lowest BCUT2D eigenvalue weighted by Crippen LogP contribution is -2.29. The lowest BCUT2D eigenvalue weighted by Gasteiger charge is -2.25. The number of aliphatic hydroxyl groups is 1. The lowest BCUT2D eigenvalue weighted by molar-refractivity contribution is -0.140. The minimum Gasteiger partial charge on any atom is -0.507 e. The summed E-state index contributed by atoms with van der Waals surface area (Å²) in [5, 5.41) is 21.7. The number of phenolic OH excluding ortho intramolecular Hbond substituents is 1. The second-order valence-corrected chi connectivity index (χ2v) is 9.37. The summed E-state index contributed by atoms with van der Waals surface area (Å²) in [6, 6.07) is 10.8. The molecule has 35 heavy (non-hydrogen) atoms. The maximum Gasteiger partial charge on any atom is 0.296 e. The molecule has 3 heterocycles. The van der Waals surface area contributed by atoms with Crippen LogP contribution in [0.3, 0.4) is 0 Å². The number of furan rings is 1. The van der Waals surface area contributed by atoms with Crippen LogP contribution in [-0.2, 0) is 22.6 Å². The zero-order valence-corrected chi connectivity index (χ0v) is 20.5. The highest BCUT2D eigenvalue weighted by atomic mass is 79.9. The number of ketones is 1. The average Bonchev–Trinajstić information content (AvgIpc) is 3.54. The molecule has 8 nitrogen and oxygen atoms in total. The Morgan fingerprint density at radius 1 is 1.23 bits per heavy atom. The van der Waals surface area contributed by atoms with E-state index in [-0.39, 0.29) is 35.5 Å². The van der Waals surface area contributed by atoms with Gasteiger partial charge in [0.15, 0.2) is 11.5 Å². The SMILES string of the molecule is COc1cc([C@H]2C(=C(O)c3ccc4c(c3)C[C@@H](C)O4)C(=O)C(=O)N2Cc2ccco2)cc(Br)c1O. The van der Waals surface area contributed by atoms with Crippen LogP contribution < -0.4 is 9.47 Å².